The molecule has 0 spiro atoms. The maximum absolute atomic E-state index is 11.6. The molecule has 19 heavy (non-hydrogen) atoms. The predicted octanol–water partition coefficient (Wildman–Crippen LogP) is 0.990. The normalized spacial score (nSPS) is 12.4. The summed E-state index contributed by atoms with van der Waals surface area (Å²) < 4.78 is 27.6. The van der Waals surface area contributed by atoms with Gasteiger partial charge in [0.05, 0.1) is 5.25 Å². The Hall–Kier alpha value is -1.47. The molecule has 0 aliphatic rings. The van der Waals surface area contributed by atoms with Crippen molar-refractivity contribution in [2.24, 2.45) is 0 Å². The average molecular weight is 282 g/mol. The van der Waals surface area contributed by atoms with E-state index in [9.17, 15) is 8.42 Å². The minimum atomic E-state index is -3.17. The van der Waals surface area contributed by atoms with Gasteiger partial charge in [-0.2, -0.15) is 0 Å². The van der Waals surface area contributed by atoms with Crippen LogP contribution in [0.2, 0.25) is 0 Å². The molecule has 0 bridgehead atoms. The lowest BCUT2D eigenvalue weighted by Crippen LogP contribution is -2.31. The van der Waals surface area contributed by atoms with Crippen molar-refractivity contribution in [3.8, 4) is 0 Å². The second-order valence-corrected chi connectivity index (χ2v) is 6.96. The molecule has 0 saturated carbocycles. The Kier molecular flexibility index (Phi) is 4.16. The highest BCUT2D eigenvalue weighted by Gasteiger charge is 2.14. The van der Waals surface area contributed by atoms with E-state index in [2.05, 4.69) is 14.9 Å². The van der Waals surface area contributed by atoms with Crippen LogP contribution in [0, 0.1) is 0 Å². The van der Waals surface area contributed by atoms with Gasteiger partial charge in [-0.15, -0.1) is 10.2 Å². The van der Waals surface area contributed by atoms with E-state index >= 15 is 0 Å². The summed E-state index contributed by atoms with van der Waals surface area (Å²) in [5, 5.41) is 7.75. The van der Waals surface area contributed by atoms with E-state index in [1.54, 1.807) is 13.8 Å². The fourth-order valence-corrected chi connectivity index (χ4v) is 2.45. The molecule has 7 heteroatoms. The summed E-state index contributed by atoms with van der Waals surface area (Å²) in [6.07, 6.45) is 3.29. The zero-order valence-electron chi connectivity index (χ0n) is 11.1. The second kappa shape index (κ2) is 5.66. The minimum absolute atomic E-state index is 0.401. The third-order valence-corrected chi connectivity index (χ3v) is 4.73. The SMILES string of the molecule is CC(C)S(=O)(=O)NCCCc1nnc2ccccn12. The van der Waals surface area contributed by atoms with Crippen molar-refractivity contribution in [3.05, 3.63) is 30.2 Å². The Morgan fingerprint density at radius 3 is 2.84 bits per heavy atom. The number of hydrogen-bond donors (Lipinski definition) is 1. The summed E-state index contributed by atoms with van der Waals surface area (Å²) in [4.78, 5) is 0. The summed E-state index contributed by atoms with van der Waals surface area (Å²) in [5.74, 6) is 0.847. The van der Waals surface area contributed by atoms with Crippen LogP contribution in [0.5, 0.6) is 0 Å². The molecule has 0 saturated heterocycles. The minimum Gasteiger partial charge on any atom is -0.286 e. The molecule has 0 aliphatic heterocycles. The lowest BCUT2D eigenvalue weighted by molar-refractivity contribution is 0.569. The zero-order chi connectivity index (χ0) is 13.9. The Morgan fingerprint density at radius 1 is 1.32 bits per heavy atom. The van der Waals surface area contributed by atoms with Crippen LogP contribution in [-0.2, 0) is 16.4 Å². The van der Waals surface area contributed by atoms with Gasteiger partial charge in [-0.25, -0.2) is 13.1 Å². The smallest absolute Gasteiger partial charge is 0.213 e. The van der Waals surface area contributed by atoms with Crippen LogP contribution in [0.25, 0.3) is 5.65 Å². The third-order valence-electron chi connectivity index (χ3n) is 2.89. The molecule has 0 aromatic carbocycles. The molecule has 2 aromatic rings. The van der Waals surface area contributed by atoms with Crippen molar-refractivity contribution in [1.29, 1.82) is 0 Å². The average Bonchev–Trinajstić information content (AvgIpc) is 2.78. The van der Waals surface area contributed by atoms with Crippen LogP contribution in [0.3, 0.4) is 0 Å². The van der Waals surface area contributed by atoms with E-state index < -0.39 is 15.3 Å². The van der Waals surface area contributed by atoms with Crippen LogP contribution < -0.4 is 4.72 Å². The molecule has 0 aliphatic carbocycles. The summed E-state index contributed by atoms with van der Waals surface area (Å²) in [6, 6.07) is 5.71. The van der Waals surface area contributed by atoms with Gasteiger partial charge in [0.1, 0.15) is 5.82 Å². The van der Waals surface area contributed by atoms with Crippen LogP contribution in [0.4, 0.5) is 0 Å². The summed E-state index contributed by atoms with van der Waals surface area (Å²) in [6.45, 7) is 3.74. The van der Waals surface area contributed by atoms with Gasteiger partial charge < -0.3 is 0 Å². The number of hydrogen-bond acceptors (Lipinski definition) is 4. The molecule has 0 amide bonds. The molecular weight excluding hydrogens is 264 g/mol. The number of rotatable bonds is 6. The highest BCUT2D eigenvalue weighted by molar-refractivity contribution is 7.90. The third kappa shape index (κ3) is 3.30. The molecule has 0 radical (unpaired) electrons. The number of fused-ring (bicyclic) bond motifs is 1. The first-order valence-corrected chi connectivity index (χ1v) is 7.82. The van der Waals surface area contributed by atoms with Gasteiger partial charge in [0, 0.05) is 19.2 Å². The van der Waals surface area contributed by atoms with Crippen molar-refractivity contribution < 1.29 is 8.42 Å². The lowest BCUT2D eigenvalue weighted by Gasteiger charge is -2.08. The van der Waals surface area contributed by atoms with Crippen molar-refractivity contribution in [1.82, 2.24) is 19.3 Å². The molecule has 0 atom stereocenters. The highest BCUT2D eigenvalue weighted by atomic mass is 32.2. The molecule has 6 nitrogen and oxygen atoms in total. The predicted molar refractivity (Wildman–Crippen MR) is 73.4 cm³/mol. The summed E-state index contributed by atoms with van der Waals surface area (Å²) >= 11 is 0. The second-order valence-electron chi connectivity index (χ2n) is 4.64. The number of pyridine rings is 1. The summed E-state index contributed by atoms with van der Waals surface area (Å²) in [7, 11) is -3.17. The number of nitrogens with zero attached hydrogens (tertiary/aromatic N) is 3. The maximum Gasteiger partial charge on any atom is 0.213 e. The van der Waals surface area contributed by atoms with Gasteiger partial charge in [-0.1, -0.05) is 6.07 Å². The van der Waals surface area contributed by atoms with E-state index in [0.29, 0.717) is 19.4 Å². The van der Waals surface area contributed by atoms with Gasteiger partial charge in [-0.3, -0.25) is 4.40 Å². The number of sulfonamides is 1. The first kappa shape index (κ1) is 14.0. The quantitative estimate of drug-likeness (QED) is 0.802. The number of aromatic nitrogens is 3. The Bertz CT molecular complexity index is 649. The molecule has 2 aromatic heterocycles. The fraction of sp³-hybridized carbons (Fsp3) is 0.500. The van der Waals surface area contributed by atoms with Crippen LogP contribution >= 0.6 is 0 Å². The van der Waals surface area contributed by atoms with E-state index in [4.69, 9.17) is 0 Å². The fourth-order valence-electron chi connectivity index (χ4n) is 1.69. The number of aryl methyl sites for hydroxylation is 1. The maximum atomic E-state index is 11.6. The topological polar surface area (TPSA) is 76.4 Å². The van der Waals surface area contributed by atoms with Crippen molar-refractivity contribution in [2.75, 3.05) is 6.54 Å². The Labute approximate surface area is 112 Å². The van der Waals surface area contributed by atoms with Crippen LogP contribution in [0.1, 0.15) is 26.1 Å². The van der Waals surface area contributed by atoms with Crippen molar-refractivity contribution >= 4 is 15.7 Å². The summed E-state index contributed by atoms with van der Waals surface area (Å²) in [5.41, 5.74) is 0.806. The first-order chi connectivity index (χ1) is 9.00. The largest absolute Gasteiger partial charge is 0.286 e. The van der Waals surface area contributed by atoms with E-state index in [1.807, 2.05) is 28.8 Å². The van der Waals surface area contributed by atoms with Gasteiger partial charge >= 0.3 is 0 Å². The lowest BCUT2D eigenvalue weighted by atomic mass is 10.3. The first-order valence-electron chi connectivity index (χ1n) is 6.28. The van der Waals surface area contributed by atoms with Crippen molar-refractivity contribution in [3.63, 3.8) is 0 Å². The van der Waals surface area contributed by atoms with Gasteiger partial charge in [0.15, 0.2) is 5.65 Å². The van der Waals surface area contributed by atoms with Crippen LogP contribution in [0.15, 0.2) is 24.4 Å². The van der Waals surface area contributed by atoms with Crippen LogP contribution in [-0.4, -0.2) is 34.8 Å². The Morgan fingerprint density at radius 2 is 2.11 bits per heavy atom. The van der Waals surface area contributed by atoms with Gasteiger partial charge in [-0.05, 0) is 32.4 Å². The zero-order valence-corrected chi connectivity index (χ0v) is 11.9. The molecule has 104 valence electrons. The molecular formula is C12H18N4O2S. The molecule has 0 unspecified atom stereocenters. The molecule has 2 heterocycles. The van der Waals surface area contributed by atoms with E-state index in [0.717, 1.165) is 11.5 Å². The number of nitrogens with one attached hydrogen (secondary N) is 1. The molecule has 0 fully saturated rings. The Balaban J connectivity index is 1.90. The highest BCUT2D eigenvalue weighted by Crippen LogP contribution is 2.05. The van der Waals surface area contributed by atoms with E-state index in [-0.39, 0.29) is 0 Å². The van der Waals surface area contributed by atoms with Gasteiger partial charge in [0.2, 0.25) is 10.0 Å². The van der Waals surface area contributed by atoms with Crippen molar-refractivity contribution in [2.45, 2.75) is 31.9 Å². The molecule has 1 N–H and O–H groups in total. The van der Waals surface area contributed by atoms with E-state index in [1.165, 1.54) is 0 Å². The van der Waals surface area contributed by atoms with Gasteiger partial charge in [0.25, 0.3) is 0 Å². The standard InChI is InChI=1S/C12H18N4O2S/c1-10(2)19(17,18)13-8-5-7-12-15-14-11-6-3-4-9-16(11)12/h3-4,6,9-10,13H,5,7-8H2,1-2H3. The molecule has 2 rings (SSSR count). The monoisotopic (exact) mass is 282 g/mol.